The predicted octanol–water partition coefficient (Wildman–Crippen LogP) is 6.74. The van der Waals surface area contributed by atoms with Gasteiger partial charge in [-0.2, -0.15) is 11.1 Å². The fourth-order valence-corrected chi connectivity index (χ4v) is 5.35. The zero-order valence-electron chi connectivity index (χ0n) is 12.4. The van der Waals surface area contributed by atoms with Crippen LogP contribution in [0.1, 0.15) is 78.1 Å². The molecule has 0 bridgehead atoms. The Labute approximate surface area is 115 Å². The summed E-state index contributed by atoms with van der Waals surface area (Å²) in [6.45, 7) is 6.92. The maximum Gasteiger partial charge on any atom is 0.153 e. The predicted molar refractivity (Wildman–Crippen MR) is 84.6 cm³/mol. The number of rotatable bonds is 12. The quantitative estimate of drug-likeness (QED) is 0.210. The van der Waals surface area contributed by atoms with E-state index in [2.05, 4.69) is 20.4 Å². The SMILES string of the molecule is CCCCCCCC[Si](C)(Cl)CCCCCC. The Balaban J connectivity index is 3.37. The Morgan fingerprint density at radius 3 is 1.47 bits per heavy atom. The monoisotopic (exact) mass is 276 g/mol. The normalized spacial score (nSPS) is 14.8. The molecule has 0 radical (unpaired) electrons. The van der Waals surface area contributed by atoms with E-state index in [4.69, 9.17) is 11.1 Å². The van der Waals surface area contributed by atoms with Crippen LogP contribution in [0.4, 0.5) is 0 Å². The molecule has 0 amide bonds. The molecule has 0 rings (SSSR count). The third-order valence-electron chi connectivity index (χ3n) is 3.60. The molecule has 0 aromatic carbocycles. The smallest absolute Gasteiger partial charge is 0.153 e. The lowest BCUT2D eigenvalue weighted by Crippen LogP contribution is -2.21. The van der Waals surface area contributed by atoms with Crippen LogP contribution in [0.5, 0.6) is 0 Å². The Hall–Kier alpha value is 0.507. The van der Waals surface area contributed by atoms with Gasteiger partial charge >= 0.3 is 0 Å². The van der Waals surface area contributed by atoms with E-state index in [9.17, 15) is 0 Å². The van der Waals surface area contributed by atoms with Crippen LogP contribution in [0, 0.1) is 0 Å². The van der Waals surface area contributed by atoms with Gasteiger partial charge in [-0.3, -0.25) is 0 Å². The summed E-state index contributed by atoms with van der Waals surface area (Å²) in [5.74, 6) is 0. The summed E-state index contributed by atoms with van der Waals surface area (Å²) >= 11 is 6.69. The summed E-state index contributed by atoms with van der Waals surface area (Å²) < 4.78 is 0. The average molecular weight is 277 g/mol. The molecule has 0 spiro atoms. The summed E-state index contributed by atoms with van der Waals surface area (Å²) in [5.41, 5.74) is 0. The van der Waals surface area contributed by atoms with Crippen molar-refractivity contribution in [3.05, 3.63) is 0 Å². The standard InChI is InChI=1S/C15H33ClSi/c1-4-6-8-10-11-13-15-17(3,16)14-12-9-7-5-2/h4-15H2,1-3H3. The van der Waals surface area contributed by atoms with Gasteiger partial charge in [0.25, 0.3) is 0 Å². The van der Waals surface area contributed by atoms with Crippen molar-refractivity contribution >= 4 is 18.5 Å². The molecular formula is C15H33ClSi. The third-order valence-corrected chi connectivity index (χ3v) is 7.53. The van der Waals surface area contributed by atoms with Crippen LogP contribution in [0.25, 0.3) is 0 Å². The van der Waals surface area contributed by atoms with E-state index < -0.39 is 7.38 Å². The molecule has 0 aliphatic heterocycles. The van der Waals surface area contributed by atoms with Gasteiger partial charge in [0.15, 0.2) is 7.38 Å². The Morgan fingerprint density at radius 1 is 0.647 bits per heavy atom. The van der Waals surface area contributed by atoms with Crippen LogP contribution in [-0.2, 0) is 0 Å². The third kappa shape index (κ3) is 12.7. The van der Waals surface area contributed by atoms with E-state index in [0.29, 0.717) is 0 Å². The van der Waals surface area contributed by atoms with Crippen LogP contribution in [0.2, 0.25) is 18.6 Å². The maximum absolute atomic E-state index is 6.69. The first-order valence-electron chi connectivity index (χ1n) is 7.81. The van der Waals surface area contributed by atoms with Crippen molar-refractivity contribution in [3.8, 4) is 0 Å². The van der Waals surface area contributed by atoms with Crippen molar-refractivity contribution in [2.45, 2.75) is 96.7 Å². The first-order valence-corrected chi connectivity index (χ1v) is 11.7. The zero-order chi connectivity index (χ0) is 13.0. The molecule has 0 aliphatic rings. The van der Waals surface area contributed by atoms with Crippen LogP contribution >= 0.6 is 11.1 Å². The molecule has 0 aromatic heterocycles. The van der Waals surface area contributed by atoms with Crippen LogP contribution in [0.15, 0.2) is 0 Å². The average Bonchev–Trinajstić information content (AvgIpc) is 2.29. The van der Waals surface area contributed by atoms with Gasteiger partial charge in [0.2, 0.25) is 0 Å². The Bertz CT molecular complexity index is 157. The zero-order valence-corrected chi connectivity index (χ0v) is 14.1. The number of hydrogen-bond donors (Lipinski definition) is 0. The molecule has 0 fully saturated rings. The van der Waals surface area contributed by atoms with E-state index in [1.165, 1.54) is 76.3 Å². The van der Waals surface area contributed by atoms with Crippen LogP contribution in [0.3, 0.4) is 0 Å². The van der Waals surface area contributed by atoms with Gasteiger partial charge in [0.1, 0.15) is 0 Å². The van der Waals surface area contributed by atoms with E-state index in [0.717, 1.165) is 0 Å². The topological polar surface area (TPSA) is 0 Å². The molecule has 0 saturated heterocycles. The second kappa shape index (κ2) is 11.6. The molecule has 0 heterocycles. The molecule has 0 saturated carbocycles. The summed E-state index contributed by atoms with van der Waals surface area (Å²) in [7, 11) is -1.35. The van der Waals surface area contributed by atoms with E-state index in [1.807, 2.05) is 0 Å². The first-order chi connectivity index (χ1) is 8.12. The highest BCUT2D eigenvalue weighted by Gasteiger charge is 2.22. The molecule has 104 valence electrons. The summed E-state index contributed by atoms with van der Waals surface area (Å²) in [6.07, 6.45) is 13.9. The molecule has 0 N–H and O–H groups in total. The number of unbranched alkanes of at least 4 members (excludes halogenated alkanes) is 8. The lowest BCUT2D eigenvalue weighted by atomic mass is 10.1. The number of hydrogen-bond acceptors (Lipinski definition) is 0. The molecule has 0 aromatic rings. The van der Waals surface area contributed by atoms with Crippen molar-refractivity contribution in [2.24, 2.45) is 0 Å². The van der Waals surface area contributed by atoms with E-state index in [-0.39, 0.29) is 0 Å². The molecule has 2 heteroatoms. The van der Waals surface area contributed by atoms with Crippen molar-refractivity contribution in [3.63, 3.8) is 0 Å². The molecule has 0 aliphatic carbocycles. The van der Waals surface area contributed by atoms with Crippen molar-refractivity contribution in [1.29, 1.82) is 0 Å². The van der Waals surface area contributed by atoms with Gasteiger partial charge < -0.3 is 0 Å². The van der Waals surface area contributed by atoms with Gasteiger partial charge in [-0.25, -0.2) is 0 Å². The summed E-state index contributed by atoms with van der Waals surface area (Å²) in [5, 5.41) is 0. The number of halogens is 1. The molecule has 0 nitrogen and oxygen atoms in total. The maximum atomic E-state index is 6.69. The van der Waals surface area contributed by atoms with Gasteiger partial charge in [-0.15, -0.1) is 0 Å². The molecule has 1 unspecified atom stereocenters. The van der Waals surface area contributed by atoms with E-state index >= 15 is 0 Å². The van der Waals surface area contributed by atoms with Gasteiger partial charge in [0.05, 0.1) is 0 Å². The second-order valence-corrected chi connectivity index (χ2v) is 12.3. The van der Waals surface area contributed by atoms with Crippen molar-refractivity contribution in [2.75, 3.05) is 0 Å². The first kappa shape index (κ1) is 17.5. The van der Waals surface area contributed by atoms with Crippen LogP contribution < -0.4 is 0 Å². The van der Waals surface area contributed by atoms with Crippen molar-refractivity contribution in [1.82, 2.24) is 0 Å². The largest absolute Gasteiger partial charge is 0.167 e. The fraction of sp³-hybridized carbons (Fsp3) is 1.00. The van der Waals surface area contributed by atoms with Gasteiger partial charge in [-0.1, -0.05) is 84.6 Å². The van der Waals surface area contributed by atoms with Crippen molar-refractivity contribution < 1.29 is 0 Å². The summed E-state index contributed by atoms with van der Waals surface area (Å²) in [6, 6.07) is 2.68. The Kier molecular flexibility index (Phi) is 11.9. The van der Waals surface area contributed by atoms with E-state index in [1.54, 1.807) is 0 Å². The minimum atomic E-state index is -1.35. The molecule has 17 heavy (non-hydrogen) atoms. The highest BCUT2D eigenvalue weighted by atomic mass is 35.6. The minimum absolute atomic E-state index is 1.33. The second-order valence-electron chi connectivity index (χ2n) is 5.74. The van der Waals surface area contributed by atoms with Gasteiger partial charge in [-0.05, 0) is 12.1 Å². The van der Waals surface area contributed by atoms with Crippen LogP contribution in [-0.4, -0.2) is 7.38 Å². The fourth-order valence-electron chi connectivity index (χ4n) is 2.32. The van der Waals surface area contributed by atoms with Gasteiger partial charge in [0, 0.05) is 0 Å². The molecular weight excluding hydrogens is 244 g/mol. The molecule has 1 atom stereocenters. The lowest BCUT2D eigenvalue weighted by Gasteiger charge is -2.19. The highest BCUT2D eigenvalue weighted by molar-refractivity contribution is 7.19. The Morgan fingerprint density at radius 2 is 1.00 bits per heavy atom. The minimum Gasteiger partial charge on any atom is -0.167 e. The summed E-state index contributed by atoms with van der Waals surface area (Å²) in [4.78, 5) is 0. The lowest BCUT2D eigenvalue weighted by molar-refractivity contribution is 0.622. The highest BCUT2D eigenvalue weighted by Crippen LogP contribution is 2.26.